The standard InChI is InChI=1S/C12H20F2N2OS/c13-12(14)6-4-9(5-7-12)11(17)16-8-2-1-3-10(15)18/h9H,1-8H2,(H2,15,18)(H,16,17). The van der Waals surface area contributed by atoms with E-state index in [2.05, 4.69) is 5.32 Å². The van der Waals surface area contributed by atoms with Crippen molar-refractivity contribution >= 4 is 23.1 Å². The van der Waals surface area contributed by atoms with E-state index < -0.39 is 5.92 Å². The second kappa shape index (κ2) is 6.97. The summed E-state index contributed by atoms with van der Waals surface area (Å²) in [6.07, 6.45) is 2.56. The Morgan fingerprint density at radius 3 is 2.50 bits per heavy atom. The van der Waals surface area contributed by atoms with Gasteiger partial charge in [0.15, 0.2) is 0 Å². The quantitative estimate of drug-likeness (QED) is 0.579. The third-order valence-corrected chi connectivity index (χ3v) is 3.44. The number of amides is 1. The lowest BCUT2D eigenvalue weighted by Crippen LogP contribution is -2.36. The molecule has 104 valence electrons. The number of carbonyl (C=O) groups is 1. The molecule has 0 aromatic carbocycles. The minimum Gasteiger partial charge on any atom is -0.393 e. The Morgan fingerprint density at radius 2 is 1.94 bits per heavy atom. The van der Waals surface area contributed by atoms with Gasteiger partial charge in [-0.3, -0.25) is 4.79 Å². The van der Waals surface area contributed by atoms with E-state index in [1.54, 1.807) is 0 Å². The van der Waals surface area contributed by atoms with Crippen molar-refractivity contribution < 1.29 is 13.6 Å². The van der Waals surface area contributed by atoms with E-state index >= 15 is 0 Å². The molecule has 0 radical (unpaired) electrons. The summed E-state index contributed by atoms with van der Waals surface area (Å²) in [5.74, 6) is -2.92. The zero-order chi connectivity index (χ0) is 13.6. The van der Waals surface area contributed by atoms with Crippen molar-refractivity contribution in [3.63, 3.8) is 0 Å². The number of hydrogen-bond donors (Lipinski definition) is 2. The van der Waals surface area contributed by atoms with Crippen LogP contribution in [0.1, 0.15) is 44.9 Å². The average Bonchev–Trinajstić information content (AvgIpc) is 2.27. The first-order valence-electron chi connectivity index (χ1n) is 6.34. The van der Waals surface area contributed by atoms with E-state index in [1.165, 1.54) is 0 Å². The van der Waals surface area contributed by atoms with E-state index in [-0.39, 0.29) is 37.5 Å². The number of unbranched alkanes of at least 4 members (excludes halogenated alkanes) is 1. The van der Waals surface area contributed by atoms with Crippen molar-refractivity contribution in [2.75, 3.05) is 6.54 Å². The molecular formula is C12H20F2N2OS. The van der Waals surface area contributed by atoms with Gasteiger partial charge >= 0.3 is 0 Å². The van der Waals surface area contributed by atoms with Crippen molar-refractivity contribution in [3.05, 3.63) is 0 Å². The third kappa shape index (κ3) is 5.71. The minimum atomic E-state index is -2.58. The van der Waals surface area contributed by atoms with Crippen molar-refractivity contribution in [3.8, 4) is 0 Å². The van der Waals surface area contributed by atoms with E-state index in [1.807, 2.05) is 0 Å². The Morgan fingerprint density at radius 1 is 1.33 bits per heavy atom. The molecular weight excluding hydrogens is 258 g/mol. The highest BCUT2D eigenvalue weighted by Gasteiger charge is 2.37. The first-order chi connectivity index (χ1) is 8.41. The maximum Gasteiger partial charge on any atom is 0.248 e. The van der Waals surface area contributed by atoms with Gasteiger partial charge in [0.25, 0.3) is 0 Å². The largest absolute Gasteiger partial charge is 0.393 e. The molecule has 3 N–H and O–H groups in total. The lowest BCUT2D eigenvalue weighted by atomic mass is 9.86. The molecule has 0 unspecified atom stereocenters. The fraction of sp³-hybridized carbons (Fsp3) is 0.833. The fourth-order valence-electron chi connectivity index (χ4n) is 2.08. The normalized spacial score (nSPS) is 19.4. The Hall–Kier alpha value is -0.780. The zero-order valence-corrected chi connectivity index (χ0v) is 11.2. The molecule has 1 saturated carbocycles. The first kappa shape index (κ1) is 15.3. The van der Waals surface area contributed by atoms with Crippen LogP contribution in [-0.2, 0) is 4.79 Å². The predicted octanol–water partition coefficient (Wildman–Crippen LogP) is 2.38. The SMILES string of the molecule is NC(=S)CCCCNC(=O)C1CCC(F)(F)CC1. The lowest BCUT2D eigenvalue weighted by Gasteiger charge is -2.27. The molecule has 0 atom stereocenters. The second-order valence-corrected chi connectivity index (χ2v) is 5.37. The summed E-state index contributed by atoms with van der Waals surface area (Å²) in [6, 6.07) is 0. The molecule has 0 aromatic rings. The average molecular weight is 278 g/mol. The van der Waals surface area contributed by atoms with Gasteiger partial charge in [0.05, 0.1) is 4.99 Å². The molecule has 0 aliphatic heterocycles. The Bertz CT molecular complexity index is 300. The number of nitrogens with one attached hydrogen (secondary N) is 1. The van der Waals surface area contributed by atoms with Gasteiger partial charge < -0.3 is 11.1 Å². The van der Waals surface area contributed by atoms with Crippen LogP contribution in [0.3, 0.4) is 0 Å². The van der Waals surface area contributed by atoms with Crippen LogP contribution in [-0.4, -0.2) is 23.4 Å². The molecule has 3 nitrogen and oxygen atoms in total. The van der Waals surface area contributed by atoms with Gasteiger partial charge in [0.1, 0.15) is 0 Å². The van der Waals surface area contributed by atoms with Crippen LogP contribution in [0.4, 0.5) is 8.78 Å². The molecule has 1 fully saturated rings. The van der Waals surface area contributed by atoms with E-state index in [4.69, 9.17) is 18.0 Å². The van der Waals surface area contributed by atoms with E-state index in [0.717, 1.165) is 12.8 Å². The molecule has 1 amide bonds. The second-order valence-electron chi connectivity index (χ2n) is 4.84. The molecule has 1 aliphatic carbocycles. The van der Waals surface area contributed by atoms with E-state index in [9.17, 15) is 13.6 Å². The van der Waals surface area contributed by atoms with Gasteiger partial charge in [-0.1, -0.05) is 12.2 Å². The number of hydrogen-bond acceptors (Lipinski definition) is 2. The summed E-state index contributed by atoms with van der Waals surface area (Å²) in [5.41, 5.74) is 5.35. The van der Waals surface area contributed by atoms with Crippen LogP contribution in [0.2, 0.25) is 0 Å². The number of alkyl halides is 2. The summed E-state index contributed by atoms with van der Waals surface area (Å²) in [7, 11) is 0. The Labute approximate surface area is 111 Å². The smallest absolute Gasteiger partial charge is 0.248 e. The fourth-order valence-corrected chi connectivity index (χ4v) is 2.23. The highest BCUT2D eigenvalue weighted by Crippen LogP contribution is 2.36. The van der Waals surface area contributed by atoms with Gasteiger partial charge in [0.2, 0.25) is 11.8 Å². The van der Waals surface area contributed by atoms with Crippen molar-refractivity contribution in [1.29, 1.82) is 0 Å². The highest BCUT2D eigenvalue weighted by molar-refractivity contribution is 7.80. The summed E-state index contributed by atoms with van der Waals surface area (Å²) < 4.78 is 25.8. The number of rotatable bonds is 6. The number of carbonyl (C=O) groups excluding carboxylic acids is 1. The van der Waals surface area contributed by atoms with E-state index in [0.29, 0.717) is 18.0 Å². The van der Waals surface area contributed by atoms with Crippen molar-refractivity contribution in [2.24, 2.45) is 11.7 Å². The molecule has 0 aromatic heterocycles. The molecule has 0 heterocycles. The van der Waals surface area contributed by atoms with Crippen molar-refractivity contribution in [2.45, 2.75) is 50.9 Å². The number of halogens is 2. The summed E-state index contributed by atoms with van der Waals surface area (Å²) >= 11 is 4.74. The van der Waals surface area contributed by atoms with Crippen molar-refractivity contribution in [1.82, 2.24) is 5.32 Å². The van der Waals surface area contributed by atoms with Gasteiger partial charge in [0, 0.05) is 25.3 Å². The van der Waals surface area contributed by atoms with Gasteiger partial charge in [-0.2, -0.15) is 0 Å². The summed E-state index contributed by atoms with van der Waals surface area (Å²) in [5, 5.41) is 2.79. The summed E-state index contributed by atoms with van der Waals surface area (Å²) in [4.78, 5) is 12.2. The number of thiocarbonyl (C=S) groups is 1. The van der Waals surface area contributed by atoms with Crippen LogP contribution in [0.25, 0.3) is 0 Å². The van der Waals surface area contributed by atoms with Gasteiger partial charge in [-0.15, -0.1) is 0 Å². The van der Waals surface area contributed by atoms with Crippen LogP contribution < -0.4 is 11.1 Å². The molecule has 0 saturated heterocycles. The lowest BCUT2D eigenvalue weighted by molar-refractivity contribution is -0.129. The Kier molecular flexibility index (Phi) is 5.91. The maximum atomic E-state index is 12.9. The Balaban J connectivity index is 2.12. The van der Waals surface area contributed by atoms with Gasteiger partial charge in [-0.05, 0) is 32.1 Å². The zero-order valence-electron chi connectivity index (χ0n) is 10.4. The predicted molar refractivity (Wildman–Crippen MR) is 70.6 cm³/mol. The topological polar surface area (TPSA) is 55.1 Å². The molecule has 1 aliphatic rings. The third-order valence-electron chi connectivity index (χ3n) is 3.24. The monoisotopic (exact) mass is 278 g/mol. The molecule has 18 heavy (non-hydrogen) atoms. The minimum absolute atomic E-state index is 0.0965. The van der Waals surface area contributed by atoms with Crippen LogP contribution >= 0.6 is 12.2 Å². The maximum absolute atomic E-state index is 12.9. The highest BCUT2D eigenvalue weighted by atomic mass is 32.1. The van der Waals surface area contributed by atoms with Crippen LogP contribution in [0.5, 0.6) is 0 Å². The van der Waals surface area contributed by atoms with Gasteiger partial charge in [-0.25, -0.2) is 8.78 Å². The van der Waals surface area contributed by atoms with Crippen LogP contribution in [0.15, 0.2) is 0 Å². The molecule has 0 spiro atoms. The van der Waals surface area contributed by atoms with Crippen LogP contribution in [0, 0.1) is 5.92 Å². The number of nitrogens with two attached hydrogens (primary N) is 1. The first-order valence-corrected chi connectivity index (χ1v) is 6.75. The summed E-state index contributed by atoms with van der Waals surface area (Å²) in [6.45, 7) is 0.564. The molecule has 0 bridgehead atoms. The molecule has 6 heteroatoms. The molecule has 1 rings (SSSR count).